The van der Waals surface area contributed by atoms with E-state index in [4.69, 9.17) is 17.4 Å². The van der Waals surface area contributed by atoms with Gasteiger partial charge >= 0.3 is 0 Å². The number of nitrogens with two attached hydrogens (primary N) is 1. The quantitative estimate of drug-likeness (QED) is 0.569. The van der Waals surface area contributed by atoms with Crippen LogP contribution in [-0.4, -0.2) is 30.6 Å². The fourth-order valence-electron chi connectivity index (χ4n) is 2.21. The van der Waals surface area contributed by atoms with Gasteiger partial charge in [0.1, 0.15) is 0 Å². The van der Waals surface area contributed by atoms with Crippen LogP contribution in [0.3, 0.4) is 0 Å². The molecule has 1 aromatic rings. The summed E-state index contributed by atoms with van der Waals surface area (Å²) < 4.78 is 0. The molecule has 0 aliphatic heterocycles. The summed E-state index contributed by atoms with van der Waals surface area (Å²) >= 11 is 6.27. The van der Waals surface area contributed by atoms with Crippen LogP contribution in [0.4, 0.5) is 0 Å². The van der Waals surface area contributed by atoms with Crippen LogP contribution in [0.1, 0.15) is 31.4 Å². The Labute approximate surface area is 122 Å². The molecule has 0 aliphatic rings. The number of aryl methyl sites for hydroxylation is 1. The highest BCUT2D eigenvalue weighted by Gasteiger charge is 2.11. The number of hydrazine groups is 1. The van der Waals surface area contributed by atoms with Crippen LogP contribution < -0.4 is 11.3 Å². The molecule has 3 nitrogen and oxygen atoms in total. The highest BCUT2D eigenvalue weighted by molar-refractivity contribution is 6.31. The Morgan fingerprint density at radius 1 is 1.32 bits per heavy atom. The van der Waals surface area contributed by atoms with Gasteiger partial charge in [-0.05, 0) is 56.6 Å². The summed E-state index contributed by atoms with van der Waals surface area (Å²) in [7, 11) is 0. The fraction of sp³-hybridized carbons (Fsp3) is 0.600. The Morgan fingerprint density at radius 3 is 2.53 bits per heavy atom. The minimum Gasteiger partial charge on any atom is -0.304 e. The number of hydrogen-bond acceptors (Lipinski definition) is 3. The van der Waals surface area contributed by atoms with Gasteiger partial charge in [-0.2, -0.15) is 0 Å². The zero-order chi connectivity index (χ0) is 14.3. The summed E-state index contributed by atoms with van der Waals surface area (Å²) in [5.41, 5.74) is 5.26. The van der Waals surface area contributed by atoms with E-state index in [0.29, 0.717) is 0 Å². The number of nitrogens with one attached hydrogen (secondary N) is 1. The normalized spacial score (nSPS) is 12.9. The molecule has 0 heterocycles. The lowest BCUT2D eigenvalue weighted by Gasteiger charge is -2.22. The lowest BCUT2D eigenvalue weighted by molar-refractivity contribution is 0.281. The van der Waals surface area contributed by atoms with Gasteiger partial charge in [0.25, 0.3) is 0 Å². The lowest BCUT2D eigenvalue weighted by atomic mass is 10.0. The molecule has 0 bridgehead atoms. The molecule has 0 aliphatic carbocycles. The molecular weight excluding hydrogens is 258 g/mol. The smallest absolute Gasteiger partial charge is 0.0441 e. The average molecular weight is 284 g/mol. The van der Waals surface area contributed by atoms with Gasteiger partial charge in [0.15, 0.2) is 0 Å². The van der Waals surface area contributed by atoms with Crippen molar-refractivity contribution in [1.29, 1.82) is 0 Å². The van der Waals surface area contributed by atoms with Gasteiger partial charge in [-0.25, -0.2) is 0 Å². The summed E-state index contributed by atoms with van der Waals surface area (Å²) in [4.78, 5) is 2.40. The zero-order valence-electron chi connectivity index (χ0n) is 12.2. The van der Waals surface area contributed by atoms with Crippen molar-refractivity contribution in [2.45, 2.75) is 39.7 Å². The first-order chi connectivity index (χ1) is 9.10. The molecule has 3 N–H and O–H groups in total. The zero-order valence-corrected chi connectivity index (χ0v) is 13.0. The van der Waals surface area contributed by atoms with E-state index in [1.54, 1.807) is 0 Å². The van der Waals surface area contributed by atoms with Crippen LogP contribution in [-0.2, 0) is 6.42 Å². The van der Waals surface area contributed by atoms with Crippen molar-refractivity contribution < 1.29 is 0 Å². The Kier molecular flexibility index (Phi) is 7.39. The van der Waals surface area contributed by atoms with Gasteiger partial charge in [0, 0.05) is 11.1 Å². The average Bonchev–Trinajstić information content (AvgIpc) is 2.41. The molecule has 1 rings (SSSR count). The standard InChI is InChI=1S/C15H26ClN3/c1-4-19(5-2)9-8-14(18-17)11-13-7-6-12(3)10-15(13)16/h6-7,10,14,18H,4-5,8-9,11,17H2,1-3H3. The van der Waals surface area contributed by atoms with Crippen molar-refractivity contribution >= 4 is 11.6 Å². The first-order valence-corrected chi connectivity index (χ1v) is 7.42. The van der Waals surface area contributed by atoms with E-state index < -0.39 is 0 Å². The van der Waals surface area contributed by atoms with Crippen molar-refractivity contribution in [3.8, 4) is 0 Å². The van der Waals surface area contributed by atoms with E-state index in [9.17, 15) is 0 Å². The van der Waals surface area contributed by atoms with Crippen molar-refractivity contribution in [3.63, 3.8) is 0 Å². The van der Waals surface area contributed by atoms with Crippen LogP contribution in [0.2, 0.25) is 5.02 Å². The first kappa shape index (κ1) is 16.4. The molecule has 0 fully saturated rings. The topological polar surface area (TPSA) is 41.3 Å². The Hall–Kier alpha value is -0.610. The summed E-state index contributed by atoms with van der Waals surface area (Å²) in [5, 5.41) is 0.836. The molecule has 108 valence electrons. The number of halogens is 1. The second-order valence-electron chi connectivity index (χ2n) is 4.98. The van der Waals surface area contributed by atoms with Gasteiger partial charge in [-0.3, -0.25) is 11.3 Å². The molecule has 0 radical (unpaired) electrons. The highest BCUT2D eigenvalue weighted by atomic mass is 35.5. The Morgan fingerprint density at radius 2 is 2.00 bits per heavy atom. The summed E-state index contributed by atoms with van der Waals surface area (Å²) in [5.74, 6) is 5.66. The van der Waals surface area contributed by atoms with E-state index in [0.717, 1.165) is 43.1 Å². The van der Waals surface area contributed by atoms with Crippen molar-refractivity contribution in [3.05, 3.63) is 34.3 Å². The number of rotatable bonds is 8. The van der Waals surface area contributed by atoms with Crippen LogP contribution in [0.5, 0.6) is 0 Å². The third-order valence-electron chi connectivity index (χ3n) is 3.60. The maximum atomic E-state index is 6.27. The molecule has 0 aromatic heterocycles. The summed E-state index contributed by atoms with van der Waals surface area (Å²) in [6.07, 6.45) is 1.90. The van der Waals surface area contributed by atoms with E-state index in [-0.39, 0.29) is 6.04 Å². The monoisotopic (exact) mass is 283 g/mol. The van der Waals surface area contributed by atoms with Gasteiger partial charge in [-0.1, -0.05) is 37.6 Å². The third kappa shape index (κ3) is 5.49. The highest BCUT2D eigenvalue weighted by Crippen LogP contribution is 2.19. The van der Waals surface area contributed by atoms with Crippen LogP contribution in [0.25, 0.3) is 0 Å². The van der Waals surface area contributed by atoms with Crippen LogP contribution >= 0.6 is 11.6 Å². The minimum atomic E-state index is 0.265. The summed E-state index contributed by atoms with van der Waals surface area (Å²) in [6, 6.07) is 6.47. The SMILES string of the molecule is CCN(CC)CCC(Cc1ccc(C)cc1Cl)NN. The number of nitrogens with zero attached hydrogens (tertiary/aromatic N) is 1. The maximum absolute atomic E-state index is 6.27. The van der Waals surface area contributed by atoms with Crippen molar-refractivity contribution in [2.75, 3.05) is 19.6 Å². The molecule has 0 spiro atoms. The lowest BCUT2D eigenvalue weighted by Crippen LogP contribution is -2.39. The molecule has 1 unspecified atom stereocenters. The number of benzene rings is 1. The van der Waals surface area contributed by atoms with Gasteiger partial charge in [-0.15, -0.1) is 0 Å². The van der Waals surface area contributed by atoms with Gasteiger partial charge in [0.2, 0.25) is 0 Å². The second-order valence-corrected chi connectivity index (χ2v) is 5.39. The molecule has 4 heteroatoms. The molecule has 1 atom stereocenters. The first-order valence-electron chi connectivity index (χ1n) is 7.04. The predicted molar refractivity (Wildman–Crippen MR) is 83.4 cm³/mol. The molecule has 0 saturated heterocycles. The molecule has 1 aromatic carbocycles. The largest absolute Gasteiger partial charge is 0.304 e. The predicted octanol–water partition coefficient (Wildman–Crippen LogP) is 2.75. The van der Waals surface area contributed by atoms with E-state index in [1.165, 1.54) is 5.56 Å². The molecule has 0 amide bonds. The van der Waals surface area contributed by atoms with Crippen LogP contribution in [0, 0.1) is 6.92 Å². The number of hydrogen-bond donors (Lipinski definition) is 2. The van der Waals surface area contributed by atoms with E-state index in [1.807, 2.05) is 6.07 Å². The third-order valence-corrected chi connectivity index (χ3v) is 3.95. The Bertz CT molecular complexity index is 378. The van der Waals surface area contributed by atoms with Gasteiger partial charge < -0.3 is 4.90 Å². The van der Waals surface area contributed by atoms with Crippen molar-refractivity contribution in [2.24, 2.45) is 5.84 Å². The van der Waals surface area contributed by atoms with Gasteiger partial charge in [0.05, 0.1) is 0 Å². The Balaban J connectivity index is 2.56. The van der Waals surface area contributed by atoms with Crippen molar-refractivity contribution in [1.82, 2.24) is 10.3 Å². The van der Waals surface area contributed by atoms with E-state index in [2.05, 4.69) is 43.2 Å². The molecule has 19 heavy (non-hydrogen) atoms. The van der Waals surface area contributed by atoms with Crippen LogP contribution in [0.15, 0.2) is 18.2 Å². The molecular formula is C15H26ClN3. The molecule has 0 saturated carbocycles. The summed E-state index contributed by atoms with van der Waals surface area (Å²) in [6.45, 7) is 9.65. The van der Waals surface area contributed by atoms with E-state index >= 15 is 0 Å². The second kappa shape index (κ2) is 8.54. The minimum absolute atomic E-state index is 0.265. The fourth-order valence-corrected chi connectivity index (χ4v) is 2.52. The maximum Gasteiger partial charge on any atom is 0.0441 e.